The van der Waals surface area contributed by atoms with Crippen molar-refractivity contribution in [3.05, 3.63) is 59.4 Å². The molecule has 0 saturated carbocycles. The highest BCUT2D eigenvalue weighted by Crippen LogP contribution is 2.30. The largest absolute Gasteiger partial charge is 0.488 e. The predicted molar refractivity (Wildman–Crippen MR) is 84.7 cm³/mol. The van der Waals surface area contributed by atoms with E-state index in [4.69, 9.17) is 4.74 Å². The van der Waals surface area contributed by atoms with E-state index in [1.807, 2.05) is 19.3 Å². The number of benzene rings is 1. The summed E-state index contributed by atoms with van der Waals surface area (Å²) in [7, 11) is 2.00. The third kappa shape index (κ3) is 3.08. The molecule has 21 heavy (non-hydrogen) atoms. The standard InChI is InChI=1S/C18H22N2O/c1-3-13-8-9-15(20-12-13)11-16(19-2)18-10-14-6-4-5-7-17(14)21-18/h4-9,12,16,18-19H,3,10-11H2,1-2H3. The highest BCUT2D eigenvalue weighted by atomic mass is 16.5. The Morgan fingerprint density at radius 1 is 1.29 bits per heavy atom. The lowest BCUT2D eigenvalue weighted by Gasteiger charge is -2.22. The number of aromatic nitrogens is 1. The van der Waals surface area contributed by atoms with Gasteiger partial charge in [-0.3, -0.25) is 4.98 Å². The van der Waals surface area contributed by atoms with Crippen molar-refractivity contribution in [1.29, 1.82) is 0 Å². The molecular weight excluding hydrogens is 260 g/mol. The van der Waals surface area contributed by atoms with Crippen LogP contribution in [0, 0.1) is 0 Å². The molecule has 0 fully saturated rings. The topological polar surface area (TPSA) is 34.1 Å². The second-order valence-electron chi connectivity index (χ2n) is 5.58. The highest BCUT2D eigenvalue weighted by Gasteiger charge is 2.29. The zero-order chi connectivity index (χ0) is 14.7. The fourth-order valence-electron chi connectivity index (χ4n) is 2.86. The van der Waals surface area contributed by atoms with Crippen LogP contribution in [0.2, 0.25) is 0 Å². The van der Waals surface area contributed by atoms with Crippen molar-refractivity contribution in [3.63, 3.8) is 0 Å². The molecule has 110 valence electrons. The average Bonchev–Trinajstić information content (AvgIpc) is 2.97. The summed E-state index contributed by atoms with van der Waals surface area (Å²) < 4.78 is 6.09. The molecule has 1 aliphatic heterocycles. The lowest BCUT2D eigenvalue weighted by Crippen LogP contribution is -2.42. The van der Waals surface area contributed by atoms with Crippen LogP contribution in [-0.4, -0.2) is 24.2 Å². The summed E-state index contributed by atoms with van der Waals surface area (Å²) in [6.07, 6.45) is 5.05. The summed E-state index contributed by atoms with van der Waals surface area (Å²) in [4.78, 5) is 4.56. The van der Waals surface area contributed by atoms with E-state index in [0.717, 1.165) is 30.7 Å². The minimum absolute atomic E-state index is 0.181. The molecule has 1 N–H and O–H groups in total. The molecule has 0 saturated heterocycles. The van der Waals surface area contributed by atoms with Crippen molar-refractivity contribution in [2.45, 2.75) is 38.3 Å². The number of aryl methyl sites for hydroxylation is 1. The number of hydrogen-bond donors (Lipinski definition) is 1. The molecule has 0 spiro atoms. The maximum atomic E-state index is 6.09. The Labute approximate surface area is 126 Å². The Morgan fingerprint density at radius 3 is 2.81 bits per heavy atom. The Kier molecular flexibility index (Phi) is 4.20. The maximum Gasteiger partial charge on any atom is 0.123 e. The van der Waals surface area contributed by atoms with Gasteiger partial charge in [-0.1, -0.05) is 31.2 Å². The Morgan fingerprint density at radius 2 is 2.14 bits per heavy atom. The molecule has 2 aromatic rings. The fraction of sp³-hybridized carbons (Fsp3) is 0.389. The van der Waals surface area contributed by atoms with Crippen molar-refractivity contribution in [3.8, 4) is 5.75 Å². The summed E-state index contributed by atoms with van der Waals surface area (Å²) >= 11 is 0. The second kappa shape index (κ2) is 6.27. The van der Waals surface area contributed by atoms with Gasteiger partial charge in [-0.2, -0.15) is 0 Å². The molecule has 2 atom stereocenters. The van der Waals surface area contributed by atoms with Gasteiger partial charge in [0.2, 0.25) is 0 Å². The van der Waals surface area contributed by atoms with Crippen molar-refractivity contribution in [2.75, 3.05) is 7.05 Å². The quantitative estimate of drug-likeness (QED) is 0.915. The molecule has 0 aliphatic carbocycles. The summed E-state index contributed by atoms with van der Waals surface area (Å²) in [6.45, 7) is 2.15. The highest BCUT2D eigenvalue weighted by molar-refractivity contribution is 5.37. The number of hydrogen-bond acceptors (Lipinski definition) is 3. The second-order valence-corrected chi connectivity index (χ2v) is 5.58. The van der Waals surface area contributed by atoms with Crippen LogP contribution in [0.5, 0.6) is 5.75 Å². The molecule has 1 aliphatic rings. The van der Waals surface area contributed by atoms with E-state index in [2.05, 4.69) is 47.6 Å². The van der Waals surface area contributed by atoms with E-state index >= 15 is 0 Å². The van der Waals surface area contributed by atoms with Gasteiger partial charge in [0.1, 0.15) is 11.9 Å². The van der Waals surface area contributed by atoms with E-state index < -0.39 is 0 Å². The van der Waals surface area contributed by atoms with Gasteiger partial charge in [0, 0.05) is 30.8 Å². The van der Waals surface area contributed by atoms with Gasteiger partial charge in [-0.25, -0.2) is 0 Å². The number of pyridine rings is 1. The van der Waals surface area contributed by atoms with Crippen LogP contribution in [0.3, 0.4) is 0 Å². The van der Waals surface area contributed by atoms with Crippen LogP contribution in [0.15, 0.2) is 42.6 Å². The summed E-state index contributed by atoms with van der Waals surface area (Å²) in [5.74, 6) is 1.03. The number of fused-ring (bicyclic) bond motifs is 1. The van der Waals surface area contributed by atoms with Crippen LogP contribution >= 0.6 is 0 Å². The van der Waals surface area contributed by atoms with Gasteiger partial charge in [-0.15, -0.1) is 0 Å². The molecule has 2 unspecified atom stereocenters. The summed E-state index contributed by atoms with van der Waals surface area (Å²) in [6, 6.07) is 12.9. The monoisotopic (exact) mass is 282 g/mol. The Hall–Kier alpha value is -1.87. The van der Waals surface area contributed by atoms with Gasteiger partial charge in [-0.05, 0) is 36.7 Å². The van der Waals surface area contributed by atoms with Crippen LogP contribution in [0.25, 0.3) is 0 Å². The molecule has 0 radical (unpaired) electrons. The molecule has 3 nitrogen and oxygen atoms in total. The summed E-state index contributed by atoms with van der Waals surface area (Å²) in [5, 5.41) is 3.39. The molecular formula is C18H22N2O. The van der Waals surface area contributed by atoms with Gasteiger partial charge in [0.15, 0.2) is 0 Å². The number of nitrogens with one attached hydrogen (secondary N) is 1. The van der Waals surface area contributed by atoms with Crippen LogP contribution in [-0.2, 0) is 19.3 Å². The van der Waals surface area contributed by atoms with E-state index in [1.54, 1.807) is 0 Å². The number of para-hydroxylation sites is 1. The van der Waals surface area contributed by atoms with E-state index in [1.165, 1.54) is 11.1 Å². The predicted octanol–water partition coefficient (Wildman–Crippen LogP) is 2.78. The van der Waals surface area contributed by atoms with Crippen molar-refractivity contribution in [1.82, 2.24) is 10.3 Å². The first-order valence-electron chi connectivity index (χ1n) is 7.65. The minimum atomic E-state index is 0.181. The SMILES string of the molecule is CCc1ccc(CC(NC)C2Cc3ccccc3O2)nc1. The van der Waals surface area contributed by atoms with Gasteiger partial charge < -0.3 is 10.1 Å². The third-order valence-corrected chi connectivity index (χ3v) is 4.21. The number of rotatable bonds is 5. The number of ether oxygens (including phenoxy) is 1. The van der Waals surface area contributed by atoms with E-state index in [0.29, 0.717) is 0 Å². The fourth-order valence-corrected chi connectivity index (χ4v) is 2.86. The number of nitrogens with zero attached hydrogens (tertiary/aromatic N) is 1. The van der Waals surface area contributed by atoms with Crippen molar-refractivity contribution < 1.29 is 4.74 Å². The smallest absolute Gasteiger partial charge is 0.123 e. The van der Waals surface area contributed by atoms with Crippen molar-refractivity contribution >= 4 is 0 Å². The van der Waals surface area contributed by atoms with Crippen molar-refractivity contribution in [2.24, 2.45) is 0 Å². The lowest BCUT2D eigenvalue weighted by molar-refractivity contribution is 0.181. The zero-order valence-corrected chi connectivity index (χ0v) is 12.7. The molecule has 3 rings (SSSR count). The van der Waals surface area contributed by atoms with E-state index in [-0.39, 0.29) is 12.1 Å². The van der Waals surface area contributed by atoms with Crippen LogP contribution in [0.4, 0.5) is 0 Å². The van der Waals surface area contributed by atoms with Crippen LogP contribution < -0.4 is 10.1 Å². The maximum absolute atomic E-state index is 6.09. The summed E-state index contributed by atoms with van der Waals surface area (Å²) in [5.41, 5.74) is 3.70. The molecule has 2 heterocycles. The average molecular weight is 282 g/mol. The first kappa shape index (κ1) is 14.1. The molecule has 1 aromatic carbocycles. The first-order chi connectivity index (χ1) is 10.3. The third-order valence-electron chi connectivity index (χ3n) is 4.21. The van der Waals surface area contributed by atoms with Crippen LogP contribution in [0.1, 0.15) is 23.7 Å². The molecule has 0 amide bonds. The lowest BCUT2D eigenvalue weighted by atomic mass is 10.00. The normalized spacial score (nSPS) is 18.1. The minimum Gasteiger partial charge on any atom is -0.488 e. The number of likely N-dealkylation sites (N-methyl/N-ethyl adjacent to an activating group) is 1. The van der Waals surface area contributed by atoms with Gasteiger partial charge in [0.25, 0.3) is 0 Å². The van der Waals surface area contributed by atoms with Gasteiger partial charge >= 0.3 is 0 Å². The molecule has 0 bridgehead atoms. The van der Waals surface area contributed by atoms with Gasteiger partial charge in [0.05, 0.1) is 0 Å². The first-order valence-corrected chi connectivity index (χ1v) is 7.65. The van der Waals surface area contributed by atoms with E-state index in [9.17, 15) is 0 Å². The molecule has 3 heteroatoms. The Balaban J connectivity index is 1.68. The zero-order valence-electron chi connectivity index (χ0n) is 12.7. The Bertz CT molecular complexity index is 569. The molecule has 1 aromatic heterocycles.